The topological polar surface area (TPSA) is 20.3 Å². The maximum atomic E-state index is 10.5. The number of carbonyl (C=O) groups is 1. The minimum absolute atomic E-state index is 0.199. The summed E-state index contributed by atoms with van der Waals surface area (Å²) in [5.74, 6) is 0. The zero-order valence-electron chi connectivity index (χ0n) is 11.3. The third-order valence-electron chi connectivity index (χ3n) is 4.22. The monoisotopic (exact) mass is 225 g/mol. The molecule has 1 fully saturated rings. The van der Waals surface area contributed by atoms with E-state index in [0.717, 1.165) is 18.4 Å². The van der Waals surface area contributed by atoms with Crippen LogP contribution >= 0.6 is 0 Å². The maximum absolute atomic E-state index is 10.5. The van der Waals surface area contributed by atoms with Gasteiger partial charge in [0.1, 0.15) is 6.29 Å². The van der Waals surface area contributed by atoms with E-state index in [1.54, 1.807) is 0 Å². The van der Waals surface area contributed by atoms with Gasteiger partial charge in [0.05, 0.1) is 0 Å². The lowest BCUT2D eigenvalue weighted by Crippen LogP contribution is -2.30. The fourth-order valence-corrected chi connectivity index (χ4v) is 2.69. The van der Waals surface area contributed by atoms with Crippen LogP contribution in [0.5, 0.6) is 0 Å². The summed E-state index contributed by atoms with van der Waals surface area (Å²) in [7, 11) is 2.25. The molecule has 2 atom stereocenters. The molecule has 1 saturated heterocycles. The average Bonchev–Trinajstić information content (AvgIpc) is 2.49. The van der Waals surface area contributed by atoms with E-state index >= 15 is 0 Å². The number of likely N-dealkylation sites (tertiary alicyclic amines) is 1. The fourth-order valence-electron chi connectivity index (χ4n) is 2.69. The number of hydrogen-bond donors (Lipinski definition) is 0. The molecule has 0 radical (unpaired) electrons. The summed E-state index contributed by atoms with van der Waals surface area (Å²) >= 11 is 0. The van der Waals surface area contributed by atoms with Crippen LogP contribution in [-0.2, 0) is 4.79 Å². The third kappa shape index (κ3) is 3.89. The van der Waals surface area contributed by atoms with Gasteiger partial charge >= 0.3 is 0 Å². The number of aldehydes is 1. The van der Waals surface area contributed by atoms with E-state index in [-0.39, 0.29) is 5.41 Å². The first kappa shape index (κ1) is 13.7. The van der Waals surface area contributed by atoms with Gasteiger partial charge < -0.3 is 9.69 Å². The van der Waals surface area contributed by atoms with E-state index in [1.807, 2.05) is 0 Å². The van der Waals surface area contributed by atoms with Gasteiger partial charge in [-0.1, -0.05) is 20.3 Å². The van der Waals surface area contributed by atoms with Crippen molar-refractivity contribution in [1.82, 2.24) is 4.90 Å². The highest BCUT2D eigenvalue weighted by Crippen LogP contribution is 2.30. The molecule has 1 aliphatic rings. The highest BCUT2D eigenvalue weighted by molar-refractivity contribution is 5.50. The van der Waals surface area contributed by atoms with Crippen molar-refractivity contribution >= 4 is 6.29 Å². The first-order valence-corrected chi connectivity index (χ1v) is 6.62. The predicted molar refractivity (Wildman–Crippen MR) is 68.6 cm³/mol. The summed E-state index contributed by atoms with van der Waals surface area (Å²) in [6, 6.07) is 1.54. The second-order valence-corrected chi connectivity index (χ2v) is 6.17. The zero-order valence-corrected chi connectivity index (χ0v) is 11.3. The molecule has 1 heterocycles. The van der Waals surface area contributed by atoms with Crippen molar-refractivity contribution in [3.05, 3.63) is 0 Å². The summed E-state index contributed by atoms with van der Waals surface area (Å²) in [4.78, 5) is 13.0. The van der Waals surface area contributed by atoms with Crippen LogP contribution in [0.3, 0.4) is 0 Å². The van der Waals surface area contributed by atoms with E-state index < -0.39 is 0 Å². The van der Waals surface area contributed by atoms with Gasteiger partial charge in [-0.3, -0.25) is 0 Å². The number of carbonyl (C=O) groups excluding carboxylic acids is 1. The molecule has 0 aromatic rings. The van der Waals surface area contributed by atoms with Crippen LogP contribution in [0.2, 0.25) is 0 Å². The van der Waals surface area contributed by atoms with E-state index in [2.05, 4.69) is 32.7 Å². The van der Waals surface area contributed by atoms with E-state index in [9.17, 15) is 4.79 Å². The first-order chi connectivity index (χ1) is 7.46. The molecule has 1 aliphatic heterocycles. The van der Waals surface area contributed by atoms with Crippen LogP contribution in [0.15, 0.2) is 0 Å². The normalized spacial score (nSPS) is 27.2. The molecule has 2 nitrogen and oxygen atoms in total. The van der Waals surface area contributed by atoms with Gasteiger partial charge in [-0.15, -0.1) is 0 Å². The second kappa shape index (κ2) is 5.81. The predicted octanol–water partition coefficient (Wildman–Crippen LogP) is 3.25. The molecule has 0 aromatic carbocycles. The summed E-state index contributed by atoms with van der Waals surface area (Å²) < 4.78 is 0. The molecule has 0 aromatic heterocycles. The smallest absolute Gasteiger partial charge is 0.120 e. The molecule has 0 aliphatic carbocycles. The fraction of sp³-hybridized carbons (Fsp3) is 0.929. The Morgan fingerprint density at radius 3 is 2.56 bits per heavy atom. The molecule has 0 amide bonds. The lowest BCUT2D eigenvalue weighted by atomic mass is 9.84. The largest absolute Gasteiger partial charge is 0.303 e. The second-order valence-electron chi connectivity index (χ2n) is 6.17. The molecule has 94 valence electrons. The van der Waals surface area contributed by atoms with Crippen molar-refractivity contribution in [1.29, 1.82) is 0 Å². The molecule has 0 bridgehead atoms. The Hall–Kier alpha value is -0.370. The van der Waals surface area contributed by atoms with Gasteiger partial charge in [-0.25, -0.2) is 0 Å². The summed E-state index contributed by atoms with van der Waals surface area (Å²) in [6.45, 7) is 6.71. The lowest BCUT2D eigenvalue weighted by Gasteiger charge is -2.26. The Morgan fingerprint density at radius 1 is 1.38 bits per heavy atom. The molecular formula is C14H27NO. The van der Waals surface area contributed by atoms with Gasteiger partial charge in [-0.05, 0) is 45.1 Å². The van der Waals surface area contributed by atoms with Crippen LogP contribution < -0.4 is 0 Å². The van der Waals surface area contributed by atoms with Crippen molar-refractivity contribution in [2.75, 3.05) is 7.05 Å². The van der Waals surface area contributed by atoms with Gasteiger partial charge in [0.2, 0.25) is 0 Å². The van der Waals surface area contributed by atoms with Crippen molar-refractivity contribution in [3.63, 3.8) is 0 Å². The van der Waals surface area contributed by atoms with Crippen LogP contribution in [0.25, 0.3) is 0 Å². The van der Waals surface area contributed by atoms with Gasteiger partial charge in [0.15, 0.2) is 0 Å². The minimum atomic E-state index is 0.199. The molecular weight excluding hydrogens is 198 g/mol. The highest BCUT2D eigenvalue weighted by Gasteiger charge is 2.27. The van der Waals surface area contributed by atoms with E-state index in [1.165, 1.54) is 32.1 Å². The standard InChI is InChI=1S/C14H27NO/c1-12-7-8-13(15(12)4)6-5-9-14(2,3)10-11-16/h11-13H,5-10H2,1-4H3/t12-,13+/m1/s1. The van der Waals surface area contributed by atoms with E-state index in [4.69, 9.17) is 0 Å². The van der Waals surface area contributed by atoms with Crippen molar-refractivity contribution in [3.8, 4) is 0 Å². The van der Waals surface area contributed by atoms with Gasteiger partial charge in [0.25, 0.3) is 0 Å². The van der Waals surface area contributed by atoms with Gasteiger partial charge in [0, 0.05) is 18.5 Å². The average molecular weight is 225 g/mol. The Labute approximate surface area is 100 Å². The van der Waals surface area contributed by atoms with E-state index in [0.29, 0.717) is 6.42 Å². The first-order valence-electron chi connectivity index (χ1n) is 6.62. The quantitative estimate of drug-likeness (QED) is 0.647. The lowest BCUT2D eigenvalue weighted by molar-refractivity contribution is -0.109. The molecule has 2 heteroatoms. The third-order valence-corrected chi connectivity index (χ3v) is 4.22. The maximum Gasteiger partial charge on any atom is 0.120 e. The minimum Gasteiger partial charge on any atom is -0.303 e. The Morgan fingerprint density at radius 2 is 2.06 bits per heavy atom. The molecule has 0 saturated carbocycles. The molecule has 0 unspecified atom stereocenters. The van der Waals surface area contributed by atoms with Gasteiger partial charge in [-0.2, -0.15) is 0 Å². The number of rotatable bonds is 6. The molecule has 16 heavy (non-hydrogen) atoms. The van der Waals surface area contributed by atoms with Crippen molar-refractivity contribution in [2.24, 2.45) is 5.41 Å². The summed E-state index contributed by atoms with van der Waals surface area (Å²) in [5, 5.41) is 0. The number of nitrogens with zero attached hydrogens (tertiary/aromatic N) is 1. The van der Waals surface area contributed by atoms with Crippen LogP contribution in [-0.4, -0.2) is 30.3 Å². The van der Waals surface area contributed by atoms with Crippen LogP contribution in [0.1, 0.15) is 59.3 Å². The Bertz CT molecular complexity index is 225. The van der Waals surface area contributed by atoms with Crippen LogP contribution in [0.4, 0.5) is 0 Å². The molecule has 0 N–H and O–H groups in total. The molecule has 0 spiro atoms. The number of hydrogen-bond acceptors (Lipinski definition) is 2. The Kier molecular flexibility index (Phi) is 4.97. The SMILES string of the molecule is C[C@@H]1CC[C@H](CCCC(C)(C)CC=O)N1C. The van der Waals surface area contributed by atoms with Crippen molar-refractivity contribution in [2.45, 2.75) is 71.4 Å². The van der Waals surface area contributed by atoms with Crippen LogP contribution in [0, 0.1) is 5.41 Å². The Balaban J connectivity index is 2.23. The highest BCUT2D eigenvalue weighted by atomic mass is 16.1. The van der Waals surface area contributed by atoms with Crippen molar-refractivity contribution < 1.29 is 4.79 Å². The zero-order chi connectivity index (χ0) is 12.2. The summed E-state index contributed by atoms with van der Waals surface area (Å²) in [6.07, 6.45) is 8.18. The summed E-state index contributed by atoms with van der Waals surface area (Å²) in [5.41, 5.74) is 0.199. The molecule has 1 rings (SSSR count).